The van der Waals surface area contributed by atoms with Crippen LogP contribution < -0.4 is 0 Å². The molecule has 0 unspecified atom stereocenters. The van der Waals surface area contributed by atoms with Gasteiger partial charge in [-0.05, 0) is 43.2 Å². The van der Waals surface area contributed by atoms with Crippen LogP contribution in [0.4, 0.5) is 0 Å². The van der Waals surface area contributed by atoms with E-state index in [1.165, 1.54) is 16.8 Å². The summed E-state index contributed by atoms with van der Waals surface area (Å²) in [6.07, 6.45) is 4.01. The monoisotopic (exact) mass is 339 g/mol. The molecule has 0 bridgehead atoms. The topological polar surface area (TPSA) is 72.1 Å². The van der Waals surface area contributed by atoms with Gasteiger partial charge in [0.2, 0.25) is 5.17 Å². The van der Waals surface area contributed by atoms with E-state index in [0.29, 0.717) is 5.17 Å². The van der Waals surface area contributed by atoms with Gasteiger partial charge in [-0.25, -0.2) is 0 Å². The van der Waals surface area contributed by atoms with Gasteiger partial charge >= 0.3 is 0 Å². The van der Waals surface area contributed by atoms with Gasteiger partial charge in [-0.1, -0.05) is 29.8 Å². The Balaban J connectivity index is 1.64. The van der Waals surface area contributed by atoms with Crippen LogP contribution in [0.25, 0.3) is 6.08 Å². The number of amidine groups is 3. The number of nitrogens with one attached hydrogen (secondary N) is 1. The van der Waals surface area contributed by atoms with E-state index in [1.807, 2.05) is 31.2 Å². The zero-order valence-corrected chi connectivity index (χ0v) is 14.1. The molecule has 1 amide bonds. The minimum atomic E-state index is -0.378. The average Bonchev–Trinajstić information content (AvgIpc) is 3.22. The SMILES string of the molecule is Cc1ccc(/C=C2/C(=N)N3N=C(N4CCCC4)SC3=NC2=O)cc1. The molecule has 3 heterocycles. The molecule has 3 aliphatic rings. The smallest absolute Gasteiger partial charge is 0.283 e. The Morgan fingerprint density at radius 2 is 1.88 bits per heavy atom. The van der Waals surface area contributed by atoms with Crippen molar-refractivity contribution >= 4 is 39.9 Å². The number of hydrogen-bond acceptors (Lipinski definition) is 5. The first kappa shape index (κ1) is 15.1. The lowest BCUT2D eigenvalue weighted by Gasteiger charge is -2.19. The standard InChI is InChI=1S/C17H17N5OS/c1-11-4-6-12(7-5-11)10-13-14(18)22-16(19-15(13)23)24-17(20-22)21-8-2-3-9-21/h4-7,10,18H,2-3,8-9H2,1H3/b13-10-,18-14?. The van der Waals surface area contributed by atoms with E-state index in [4.69, 9.17) is 5.41 Å². The van der Waals surface area contributed by atoms with Gasteiger partial charge in [0.05, 0.1) is 5.57 Å². The summed E-state index contributed by atoms with van der Waals surface area (Å²) in [6, 6.07) is 7.82. The van der Waals surface area contributed by atoms with E-state index in [2.05, 4.69) is 15.0 Å². The Morgan fingerprint density at radius 3 is 2.58 bits per heavy atom. The van der Waals surface area contributed by atoms with E-state index < -0.39 is 0 Å². The Labute approximate surface area is 144 Å². The summed E-state index contributed by atoms with van der Waals surface area (Å²) in [7, 11) is 0. The molecular formula is C17H17N5OS. The van der Waals surface area contributed by atoms with Crippen molar-refractivity contribution in [3.05, 3.63) is 41.0 Å². The van der Waals surface area contributed by atoms with Gasteiger partial charge in [0.15, 0.2) is 11.0 Å². The average molecular weight is 339 g/mol. The minimum Gasteiger partial charge on any atom is -0.349 e. The first-order valence-corrected chi connectivity index (χ1v) is 8.75. The Hall–Kier alpha value is -2.41. The zero-order chi connectivity index (χ0) is 16.7. The van der Waals surface area contributed by atoms with Gasteiger partial charge in [0, 0.05) is 13.1 Å². The Kier molecular flexibility index (Phi) is 3.72. The van der Waals surface area contributed by atoms with Crippen LogP contribution in [0.2, 0.25) is 0 Å². The van der Waals surface area contributed by atoms with Gasteiger partial charge in [0.25, 0.3) is 5.91 Å². The number of carbonyl (C=O) groups excluding carboxylic acids is 1. The molecule has 1 fully saturated rings. The summed E-state index contributed by atoms with van der Waals surface area (Å²) < 4.78 is 0. The fourth-order valence-corrected chi connectivity index (χ4v) is 3.79. The second kappa shape index (κ2) is 5.90. The van der Waals surface area contributed by atoms with Crippen molar-refractivity contribution in [1.29, 1.82) is 5.41 Å². The number of hydrogen-bond donors (Lipinski definition) is 1. The van der Waals surface area contributed by atoms with E-state index in [0.717, 1.165) is 42.2 Å². The molecule has 1 aromatic rings. The van der Waals surface area contributed by atoms with E-state index in [9.17, 15) is 4.79 Å². The lowest BCUT2D eigenvalue weighted by molar-refractivity contribution is -0.114. The largest absolute Gasteiger partial charge is 0.349 e. The number of hydrazone groups is 1. The normalized spacial score (nSPS) is 22.1. The lowest BCUT2D eigenvalue weighted by atomic mass is 10.1. The van der Waals surface area contributed by atoms with Crippen LogP contribution in [0, 0.1) is 12.3 Å². The summed E-state index contributed by atoms with van der Waals surface area (Å²) in [5.74, 6) is -0.288. The first-order chi connectivity index (χ1) is 11.6. The van der Waals surface area contributed by atoms with E-state index in [-0.39, 0.29) is 17.3 Å². The number of thioether (sulfide) groups is 1. The predicted molar refractivity (Wildman–Crippen MR) is 97.0 cm³/mol. The third kappa shape index (κ3) is 2.65. The van der Waals surface area contributed by atoms with Crippen molar-refractivity contribution in [2.24, 2.45) is 10.1 Å². The molecule has 6 nitrogen and oxygen atoms in total. The number of rotatable bonds is 1. The third-order valence-corrected chi connectivity index (χ3v) is 5.18. The van der Waals surface area contributed by atoms with Crippen molar-refractivity contribution in [3.8, 4) is 0 Å². The predicted octanol–water partition coefficient (Wildman–Crippen LogP) is 2.67. The molecule has 7 heteroatoms. The van der Waals surface area contributed by atoms with Crippen LogP contribution in [0.1, 0.15) is 24.0 Å². The summed E-state index contributed by atoms with van der Waals surface area (Å²) in [5, 5.41) is 15.7. The fourth-order valence-electron chi connectivity index (χ4n) is 2.85. The highest BCUT2D eigenvalue weighted by molar-refractivity contribution is 8.26. The van der Waals surface area contributed by atoms with Crippen molar-refractivity contribution in [2.75, 3.05) is 13.1 Å². The van der Waals surface area contributed by atoms with Crippen LogP contribution in [-0.2, 0) is 4.79 Å². The molecule has 0 spiro atoms. The lowest BCUT2D eigenvalue weighted by Crippen LogP contribution is -2.35. The molecule has 1 N–H and O–H groups in total. The maximum absolute atomic E-state index is 12.3. The third-order valence-electron chi connectivity index (χ3n) is 4.21. The number of aryl methyl sites for hydroxylation is 1. The fraction of sp³-hybridized carbons (Fsp3) is 0.294. The molecule has 0 saturated carbocycles. The Morgan fingerprint density at radius 1 is 1.17 bits per heavy atom. The van der Waals surface area contributed by atoms with Crippen molar-refractivity contribution in [1.82, 2.24) is 9.91 Å². The van der Waals surface area contributed by atoms with Gasteiger partial charge in [-0.3, -0.25) is 10.2 Å². The second-order valence-electron chi connectivity index (χ2n) is 6.01. The number of fused-ring (bicyclic) bond motifs is 1. The first-order valence-electron chi connectivity index (χ1n) is 7.94. The van der Waals surface area contributed by atoms with Crippen LogP contribution in [-0.4, -0.2) is 45.1 Å². The van der Waals surface area contributed by atoms with Crippen molar-refractivity contribution in [3.63, 3.8) is 0 Å². The second-order valence-corrected chi connectivity index (χ2v) is 6.94. The molecule has 1 saturated heterocycles. The number of nitrogens with zero attached hydrogens (tertiary/aromatic N) is 4. The van der Waals surface area contributed by atoms with E-state index in [1.54, 1.807) is 6.08 Å². The maximum atomic E-state index is 12.3. The highest BCUT2D eigenvalue weighted by Crippen LogP contribution is 2.30. The van der Waals surface area contributed by atoms with Gasteiger partial charge in [0.1, 0.15) is 0 Å². The van der Waals surface area contributed by atoms with Gasteiger partial charge in [-0.15, -0.1) is 5.10 Å². The number of likely N-dealkylation sites (tertiary alicyclic amines) is 1. The zero-order valence-electron chi connectivity index (χ0n) is 13.3. The summed E-state index contributed by atoms with van der Waals surface area (Å²) in [4.78, 5) is 18.7. The molecular weight excluding hydrogens is 322 g/mol. The summed E-state index contributed by atoms with van der Waals surface area (Å²) in [5.41, 5.74) is 2.30. The van der Waals surface area contributed by atoms with Crippen molar-refractivity contribution in [2.45, 2.75) is 19.8 Å². The van der Waals surface area contributed by atoms with E-state index >= 15 is 0 Å². The van der Waals surface area contributed by atoms with Crippen molar-refractivity contribution < 1.29 is 4.79 Å². The molecule has 0 aromatic heterocycles. The molecule has 24 heavy (non-hydrogen) atoms. The van der Waals surface area contributed by atoms with Crippen LogP contribution in [0.3, 0.4) is 0 Å². The summed E-state index contributed by atoms with van der Waals surface area (Å²) in [6.45, 7) is 3.96. The van der Waals surface area contributed by atoms with Gasteiger partial charge < -0.3 is 4.90 Å². The number of amides is 1. The van der Waals surface area contributed by atoms with Crippen LogP contribution in [0.5, 0.6) is 0 Å². The number of carbonyl (C=O) groups is 1. The Bertz CT molecular complexity index is 803. The molecule has 1 aromatic carbocycles. The van der Waals surface area contributed by atoms with Crippen LogP contribution >= 0.6 is 11.8 Å². The molecule has 4 rings (SSSR count). The minimum absolute atomic E-state index is 0.0901. The molecule has 0 radical (unpaired) electrons. The quantitative estimate of drug-likeness (QED) is 0.799. The highest BCUT2D eigenvalue weighted by atomic mass is 32.2. The van der Waals surface area contributed by atoms with Gasteiger partial charge in [-0.2, -0.15) is 10.0 Å². The number of aliphatic imine (C=N–C) groups is 1. The molecule has 3 aliphatic heterocycles. The highest BCUT2D eigenvalue weighted by Gasteiger charge is 2.37. The molecule has 122 valence electrons. The maximum Gasteiger partial charge on any atom is 0.283 e. The van der Waals surface area contributed by atoms with Crippen LogP contribution in [0.15, 0.2) is 39.9 Å². The summed E-state index contributed by atoms with van der Waals surface area (Å²) >= 11 is 1.37. The molecule has 0 aliphatic carbocycles. The number of benzene rings is 1. The molecule has 0 atom stereocenters.